The largest absolute Gasteiger partial charge is 0.387 e. The minimum atomic E-state index is -0.802. The van der Waals surface area contributed by atoms with Crippen molar-refractivity contribution in [2.45, 2.75) is 38.2 Å². The Bertz CT molecular complexity index is 523. The van der Waals surface area contributed by atoms with E-state index in [9.17, 15) is 10.4 Å². The van der Waals surface area contributed by atoms with Gasteiger partial charge >= 0.3 is 0 Å². The highest BCUT2D eigenvalue weighted by atomic mass is 32.2. The number of hydrogen-bond acceptors (Lipinski definition) is 5. The summed E-state index contributed by atoms with van der Waals surface area (Å²) in [5.74, 6) is 1.25. The number of anilines is 1. The number of nitrogens with one attached hydrogen (secondary N) is 1. The first kappa shape index (κ1) is 15.1. The van der Waals surface area contributed by atoms with Crippen LogP contribution in [0, 0.1) is 11.3 Å². The fourth-order valence-electron chi connectivity index (χ4n) is 2.49. The zero-order valence-electron chi connectivity index (χ0n) is 12.1. The van der Waals surface area contributed by atoms with Crippen molar-refractivity contribution in [1.82, 2.24) is 4.98 Å². The minimum Gasteiger partial charge on any atom is -0.387 e. The molecule has 4 nitrogen and oxygen atoms in total. The van der Waals surface area contributed by atoms with Gasteiger partial charge in [0, 0.05) is 18.0 Å². The second-order valence-electron chi connectivity index (χ2n) is 5.59. The molecule has 5 heteroatoms. The van der Waals surface area contributed by atoms with Crippen LogP contribution in [0.4, 0.5) is 5.82 Å². The van der Waals surface area contributed by atoms with Crippen molar-refractivity contribution < 1.29 is 5.11 Å². The molecule has 1 aromatic heterocycles. The van der Waals surface area contributed by atoms with Gasteiger partial charge < -0.3 is 10.4 Å². The second-order valence-corrected chi connectivity index (χ2v) is 6.46. The molecule has 0 saturated carbocycles. The number of pyridine rings is 1. The predicted molar refractivity (Wildman–Crippen MR) is 83.1 cm³/mol. The Morgan fingerprint density at radius 1 is 1.50 bits per heavy atom. The molecule has 0 spiro atoms. The number of aryl methyl sites for hydroxylation is 2. The van der Waals surface area contributed by atoms with Crippen LogP contribution in [0.2, 0.25) is 0 Å². The van der Waals surface area contributed by atoms with E-state index in [0.717, 1.165) is 25.0 Å². The lowest BCUT2D eigenvalue weighted by Gasteiger charge is -2.24. The summed E-state index contributed by atoms with van der Waals surface area (Å²) in [5, 5.41) is 22.6. The van der Waals surface area contributed by atoms with Crippen LogP contribution in [0.3, 0.4) is 0 Å². The summed E-state index contributed by atoms with van der Waals surface area (Å²) in [4.78, 5) is 4.60. The van der Waals surface area contributed by atoms with Gasteiger partial charge in [0.1, 0.15) is 11.9 Å². The zero-order chi connectivity index (χ0) is 14.6. The van der Waals surface area contributed by atoms with E-state index >= 15 is 0 Å². The molecule has 1 aliphatic carbocycles. The van der Waals surface area contributed by atoms with Gasteiger partial charge in [-0.3, -0.25) is 0 Å². The van der Waals surface area contributed by atoms with E-state index in [4.69, 9.17) is 0 Å². The number of fused-ring (bicyclic) bond motifs is 1. The maximum atomic E-state index is 10.2. The van der Waals surface area contributed by atoms with Crippen LogP contribution in [0.25, 0.3) is 0 Å². The van der Waals surface area contributed by atoms with Gasteiger partial charge in [0.2, 0.25) is 0 Å². The van der Waals surface area contributed by atoms with Crippen LogP contribution < -0.4 is 5.32 Å². The van der Waals surface area contributed by atoms with Crippen molar-refractivity contribution in [2.24, 2.45) is 0 Å². The molecule has 1 aromatic rings. The predicted octanol–water partition coefficient (Wildman–Crippen LogP) is 2.36. The van der Waals surface area contributed by atoms with E-state index in [1.54, 1.807) is 18.7 Å². The molecular weight excluding hydrogens is 270 g/mol. The van der Waals surface area contributed by atoms with Gasteiger partial charge in [-0.05, 0) is 50.5 Å². The molecule has 0 aromatic carbocycles. The standard InChI is InChI=1S/C15H21N3OS/c1-15(19,10-20-2)9-17-14-12(8-16)7-11-5-3-4-6-13(11)18-14/h7,19H,3-6,9-10H2,1-2H3,(H,17,18). The fourth-order valence-corrected chi connectivity index (χ4v) is 3.21. The van der Waals surface area contributed by atoms with Crippen LogP contribution in [0.5, 0.6) is 0 Å². The molecule has 1 aliphatic rings. The van der Waals surface area contributed by atoms with E-state index in [2.05, 4.69) is 16.4 Å². The topological polar surface area (TPSA) is 68.9 Å². The second kappa shape index (κ2) is 6.47. The Balaban J connectivity index is 2.17. The molecule has 1 atom stereocenters. The quantitative estimate of drug-likeness (QED) is 0.871. The number of rotatable bonds is 5. The fraction of sp³-hybridized carbons (Fsp3) is 0.600. The number of hydrogen-bond donors (Lipinski definition) is 2. The molecule has 20 heavy (non-hydrogen) atoms. The molecule has 108 valence electrons. The van der Waals surface area contributed by atoms with E-state index < -0.39 is 5.60 Å². The Morgan fingerprint density at radius 3 is 2.95 bits per heavy atom. The van der Waals surface area contributed by atoms with Crippen molar-refractivity contribution in [3.63, 3.8) is 0 Å². The van der Waals surface area contributed by atoms with E-state index in [1.165, 1.54) is 12.0 Å². The molecule has 0 fully saturated rings. The lowest BCUT2D eigenvalue weighted by molar-refractivity contribution is 0.0996. The molecule has 0 saturated heterocycles. The van der Waals surface area contributed by atoms with Crippen LogP contribution >= 0.6 is 11.8 Å². The summed E-state index contributed by atoms with van der Waals surface area (Å²) in [5.41, 5.74) is 2.08. The highest BCUT2D eigenvalue weighted by Crippen LogP contribution is 2.24. The summed E-state index contributed by atoms with van der Waals surface area (Å²) < 4.78 is 0. The average molecular weight is 291 g/mol. The minimum absolute atomic E-state index is 0.397. The summed E-state index contributed by atoms with van der Waals surface area (Å²) >= 11 is 1.60. The smallest absolute Gasteiger partial charge is 0.144 e. The van der Waals surface area contributed by atoms with Crippen LogP contribution in [0.1, 0.15) is 36.6 Å². The van der Waals surface area contributed by atoms with Crippen molar-refractivity contribution in [3.8, 4) is 6.07 Å². The number of aromatic nitrogens is 1. The summed E-state index contributed by atoms with van der Waals surface area (Å²) in [7, 11) is 0. The number of nitriles is 1. The van der Waals surface area contributed by atoms with Crippen molar-refractivity contribution in [1.29, 1.82) is 5.26 Å². The molecule has 1 unspecified atom stereocenters. The monoisotopic (exact) mass is 291 g/mol. The zero-order valence-corrected chi connectivity index (χ0v) is 12.9. The van der Waals surface area contributed by atoms with Crippen molar-refractivity contribution in [2.75, 3.05) is 23.9 Å². The van der Waals surface area contributed by atoms with Gasteiger partial charge in [-0.2, -0.15) is 17.0 Å². The molecule has 2 N–H and O–H groups in total. The normalized spacial score (nSPS) is 16.9. The van der Waals surface area contributed by atoms with Crippen LogP contribution in [-0.4, -0.2) is 34.2 Å². The van der Waals surface area contributed by atoms with Crippen LogP contribution in [-0.2, 0) is 12.8 Å². The maximum Gasteiger partial charge on any atom is 0.144 e. The first-order valence-corrected chi connectivity index (χ1v) is 8.33. The third-order valence-electron chi connectivity index (χ3n) is 3.51. The number of nitrogens with zero attached hydrogens (tertiary/aromatic N) is 2. The Kier molecular flexibility index (Phi) is 4.90. The first-order chi connectivity index (χ1) is 9.55. The van der Waals surface area contributed by atoms with Gasteiger partial charge in [-0.1, -0.05) is 0 Å². The highest BCUT2D eigenvalue weighted by Gasteiger charge is 2.21. The first-order valence-electron chi connectivity index (χ1n) is 6.94. The Labute approximate surface area is 124 Å². The van der Waals surface area contributed by atoms with Gasteiger partial charge in [0.15, 0.2) is 0 Å². The van der Waals surface area contributed by atoms with E-state index in [-0.39, 0.29) is 0 Å². The van der Waals surface area contributed by atoms with Gasteiger partial charge in [-0.15, -0.1) is 0 Å². The lowest BCUT2D eigenvalue weighted by atomic mass is 9.95. The lowest BCUT2D eigenvalue weighted by Crippen LogP contribution is -2.36. The van der Waals surface area contributed by atoms with Gasteiger partial charge in [0.05, 0.1) is 11.2 Å². The summed E-state index contributed by atoms with van der Waals surface area (Å²) in [6, 6.07) is 4.15. The molecule has 0 bridgehead atoms. The third-order valence-corrected chi connectivity index (χ3v) is 4.42. The Hall–Kier alpha value is -1.25. The van der Waals surface area contributed by atoms with Gasteiger partial charge in [0.25, 0.3) is 0 Å². The van der Waals surface area contributed by atoms with Crippen molar-refractivity contribution in [3.05, 3.63) is 22.9 Å². The molecule has 0 radical (unpaired) electrons. The molecule has 0 aliphatic heterocycles. The molecule has 0 amide bonds. The molecule has 2 rings (SSSR count). The average Bonchev–Trinajstić information content (AvgIpc) is 2.44. The molecular formula is C15H21N3OS. The number of thioether (sulfide) groups is 1. The van der Waals surface area contributed by atoms with Crippen molar-refractivity contribution >= 4 is 17.6 Å². The van der Waals surface area contributed by atoms with Crippen LogP contribution in [0.15, 0.2) is 6.07 Å². The Morgan fingerprint density at radius 2 is 2.25 bits per heavy atom. The van der Waals surface area contributed by atoms with Gasteiger partial charge in [-0.25, -0.2) is 4.98 Å². The number of aliphatic hydroxyl groups is 1. The maximum absolute atomic E-state index is 10.2. The highest BCUT2D eigenvalue weighted by molar-refractivity contribution is 7.98. The molecule has 1 heterocycles. The summed E-state index contributed by atoms with van der Waals surface area (Å²) in [6.45, 7) is 2.19. The SMILES string of the molecule is CSCC(C)(O)CNc1nc2c(cc1C#N)CCCC2. The van der Waals surface area contributed by atoms with E-state index in [1.807, 2.05) is 12.3 Å². The van der Waals surface area contributed by atoms with E-state index in [0.29, 0.717) is 23.7 Å². The summed E-state index contributed by atoms with van der Waals surface area (Å²) in [6.07, 6.45) is 6.30. The third kappa shape index (κ3) is 3.65.